The van der Waals surface area contributed by atoms with Gasteiger partial charge in [0, 0.05) is 19.0 Å². The van der Waals surface area contributed by atoms with Gasteiger partial charge >= 0.3 is 6.61 Å². The molecule has 1 rings (SSSR count). The average Bonchev–Trinajstić information content (AvgIpc) is 2.32. The van der Waals surface area contributed by atoms with Crippen LogP contribution in [0.2, 0.25) is 0 Å². The fourth-order valence-electron chi connectivity index (χ4n) is 1.44. The monoisotopic (exact) mass is 193 g/mol. The number of ether oxygens (including phenoxy) is 1. The Morgan fingerprint density at radius 2 is 2.15 bits per heavy atom. The second-order valence-corrected chi connectivity index (χ2v) is 3.30. The van der Waals surface area contributed by atoms with E-state index < -0.39 is 12.7 Å². The zero-order valence-corrected chi connectivity index (χ0v) is 7.67. The molecule has 0 saturated carbocycles. The Kier molecular flexibility index (Phi) is 3.19. The van der Waals surface area contributed by atoms with Crippen molar-refractivity contribution < 1.29 is 18.3 Å². The summed E-state index contributed by atoms with van der Waals surface area (Å²) >= 11 is 0. The summed E-state index contributed by atoms with van der Waals surface area (Å²) in [7, 11) is 0. The number of likely N-dealkylation sites (tertiary alicyclic amines) is 1. The Labute approximate surface area is 75.7 Å². The quantitative estimate of drug-likeness (QED) is 0.674. The molecule has 1 heterocycles. The number of halogens is 2. The van der Waals surface area contributed by atoms with Gasteiger partial charge in [-0.25, -0.2) is 0 Å². The fourth-order valence-corrected chi connectivity index (χ4v) is 1.44. The molecule has 1 aliphatic heterocycles. The van der Waals surface area contributed by atoms with E-state index in [-0.39, 0.29) is 11.9 Å². The summed E-state index contributed by atoms with van der Waals surface area (Å²) in [6.45, 7) is 1.35. The lowest BCUT2D eigenvalue weighted by Crippen LogP contribution is -2.36. The van der Waals surface area contributed by atoms with Gasteiger partial charge in [-0.15, -0.1) is 0 Å². The lowest BCUT2D eigenvalue weighted by Gasteiger charge is -2.20. The molecule has 0 radical (unpaired) electrons. The van der Waals surface area contributed by atoms with E-state index in [4.69, 9.17) is 0 Å². The molecule has 1 aliphatic rings. The number of carbonyl (C=O) groups excluding carboxylic acids is 1. The van der Waals surface area contributed by atoms with E-state index in [2.05, 4.69) is 4.74 Å². The first-order valence-corrected chi connectivity index (χ1v) is 4.26. The minimum absolute atomic E-state index is 0.0544. The van der Waals surface area contributed by atoms with Gasteiger partial charge < -0.3 is 9.64 Å². The molecular formula is C8H13F2NO2. The fraction of sp³-hybridized carbons (Fsp3) is 0.875. The Bertz CT molecular complexity index is 197. The largest absolute Gasteiger partial charge is 0.346 e. The number of nitrogens with zero attached hydrogens (tertiary/aromatic N) is 1. The van der Waals surface area contributed by atoms with E-state index >= 15 is 0 Å². The molecule has 0 bridgehead atoms. The van der Waals surface area contributed by atoms with Crippen LogP contribution < -0.4 is 0 Å². The Morgan fingerprint density at radius 1 is 1.54 bits per heavy atom. The van der Waals surface area contributed by atoms with Crippen molar-refractivity contribution in [1.82, 2.24) is 4.90 Å². The van der Waals surface area contributed by atoms with Gasteiger partial charge in [-0.05, 0) is 13.8 Å². The van der Waals surface area contributed by atoms with Crippen LogP contribution in [0.4, 0.5) is 8.78 Å². The van der Waals surface area contributed by atoms with Crippen LogP contribution in [0.5, 0.6) is 0 Å². The van der Waals surface area contributed by atoms with Gasteiger partial charge in [0.2, 0.25) is 0 Å². The molecule has 1 atom stereocenters. The summed E-state index contributed by atoms with van der Waals surface area (Å²) in [6, 6.07) is 0.0544. The van der Waals surface area contributed by atoms with Crippen LogP contribution in [0.25, 0.3) is 0 Å². The molecule has 1 saturated heterocycles. The summed E-state index contributed by atoms with van der Waals surface area (Å²) in [6.07, 6.45) is -0.580. The first-order valence-electron chi connectivity index (χ1n) is 4.26. The van der Waals surface area contributed by atoms with E-state index in [1.807, 2.05) is 13.8 Å². The topological polar surface area (TPSA) is 29.5 Å². The number of hydrogen-bond donors (Lipinski definition) is 0. The molecule has 0 aromatic rings. The molecule has 0 aromatic carbocycles. The molecular weight excluding hydrogens is 180 g/mol. The van der Waals surface area contributed by atoms with Gasteiger partial charge in [-0.2, -0.15) is 8.78 Å². The van der Waals surface area contributed by atoms with Crippen LogP contribution in [-0.2, 0) is 9.53 Å². The molecule has 0 aromatic heterocycles. The maximum absolute atomic E-state index is 11.8. The lowest BCUT2D eigenvalue weighted by atomic mass is 10.3. The Morgan fingerprint density at radius 3 is 2.54 bits per heavy atom. The van der Waals surface area contributed by atoms with Gasteiger partial charge in [0.05, 0.1) is 0 Å². The minimum Gasteiger partial charge on any atom is -0.338 e. The molecule has 1 amide bonds. The van der Waals surface area contributed by atoms with Crippen molar-refractivity contribution in [3.63, 3.8) is 0 Å². The normalized spacial score (nSPS) is 23.7. The van der Waals surface area contributed by atoms with E-state index in [0.717, 1.165) is 0 Å². The second kappa shape index (κ2) is 4.00. The summed E-state index contributed by atoms with van der Waals surface area (Å²) in [5.41, 5.74) is 0. The van der Waals surface area contributed by atoms with Crippen LogP contribution in [0.3, 0.4) is 0 Å². The minimum atomic E-state index is -2.86. The van der Waals surface area contributed by atoms with Crippen LogP contribution in [0.15, 0.2) is 0 Å². The first kappa shape index (κ1) is 10.4. The molecule has 0 spiro atoms. The van der Waals surface area contributed by atoms with Crippen LogP contribution in [0, 0.1) is 0 Å². The van der Waals surface area contributed by atoms with Crippen molar-refractivity contribution in [3.8, 4) is 0 Å². The molecule has 0 unspecified atom stereocenters. The van der Waals surface area contributed by atoms with E-state index in [0.29, 0.717) is 13.0 Å². The maximum atomic E-state index is 11.8. The summed E-state index contributed by atoms with van der Waals surface area (Å²) in [5, 5.41) is 0. The third-order valence-electron chi connectivity index (χ3n) is 2.08. The smallest absolute Gasteiger partial charge is 0.338 e. The highest BCUT2D eigenvalue weighted by Crippen LogP contribution is 2.18. The van der Waals surface area contributed by atoms with Gasteiger partial charge in [-0.1, -0.05) is 0 Å². The second-order valence-electron chi connectivity index (χ2n) is 3.30. The SMILES string of the molecule is CC(C)N1CC[C@@H](OC(F)F)C1=O. The zero-order chi connectivity index (χ0) is 10.0. The van der Waals surface area contributed by atoms with Crippen LogP contribution >= 0.6 is 0 Å². The molecule has 13 heavy (non-hydrogen) atoms. The van der Waals surface area contributed by atoms with Gasteiger partial charge in [0.25, 0.3) is 5.91 Å². The summed E-state index contributed by atoms with van der Waals surface area (Å²) in [4.78, 5) is 12.9. The van der Waals surface area contributed by atoms with E-state index in [9.17, 15) is 13.6 Å². The Hall–Kier alpha value is -0.710. The highest BCUT2D eigenvalue weighted by molar-refractivity contribution is 5.83. The van der Waals surface area contributed by atoms with E-state index in [1.165, 1.54) is 0 Å². The van der Waals surface area contributed by atoms with E-state index in [1.54, 1.807) is 4.90 Å². The third-order valence-corrected chi connectivity index (χ3v) is 2.08. The summed E-state index contributed by atoms with van der Waals surface area (Å²) < 4.78 is 27.8. The lowest BCUT2D eigenvalue weighted by molar-refractivity contribution is -0.174. The van der Waals surface area contributed by atoms with Crippen LogP contribution in [-0.4, -0.2) is 36.1 Å². The third kappa shape index (κ3) is 2.37. The van der Waals surface area contributed by atoms with Gasteiger partial charge in [0.1, 0.15) is 6.10 Å². The number of carbonyl (C=O) groups is 1. The van der Waals surface area contributed by atoms with Gasteiger partial charge in [0.15, 0.2) is 0 Å². The predicted octanol–water partition coefficient (Wildman–Crippen LogP) is 1.23. The van der Waals surface area contributed by atoms with Crippen molar-refractivity contribution in [3.05, 3.63) is 0 Å². The van der Waals surface area contributed by atoms with Crippen molar-refractivity contribution in [2.24, 2.45) is 0 Å². The number of amides is 1. The average molecular weight is 193 g/mol. The molecule has 3 nitrogen and oxygen atoms in total. The molecule has 0 aliphatic carbocycles. The number of alkyl halides is 2. The van der Waals surface area contributed by atoms with Crippen molar-refractivity contribution in [2.45, 2.75) is 39.0 Å². The highest BCUT2D eigenvalue weighted by Gasteiger charge is 2.35. The number of hydrogen-bond acceptors (Lipinski definition) is 2. The molecule has 76 valence electrons. The Balaban J connectivity index is 2.50. The van der Waals surface area contributed by atoms with Crippen LogP contribution in [0.1, 0.15) is 20.3 Å². The van der Waals surface area contributed by atoms with Gasteiger partial charge in [-0.3, -0.25) is 4.79 Å². The maximum Gasteiger partial charge on any atom is 0.346 e. The number of rotatable bonds is 3. The standard InChI is InChI=1S/C8H13F2NO2/c1-5(2)11-4-3-6(7(11)12)13-8(9)10/h5-6,8H,3-4H2,1-2H3/t6-/m1/s1. The summed E-state index contributed by atoms with van der Waals surface area (Å²) in [5.74, 6) is -0.324. The highest BCUT2D eigenvalue weighted by atomic mass is 19.3. The zero-order valence-electron chi connectivity index (χ0n) is 7.67. The van der Waals surface area contributed by atoms with Crippen molar-refractivity contribution in [1.29, 1.82) is 0 Å². The predicted molar refractivity (Wildman–Crippen MR) is 42.3 cm³/mol. The molecule has 1 fully saturated rings. The molecule has 0 N–H and O–H groups in total. The van der Waals surface area contributed by atoms with Crippen molar-refractivity contribution >= 4 is 5.91 Å². The van der Waals surface area contributed by atoms with Crippen molar-refractivity contribution in [2.75, 3.05) is 6.54 Å². The first-order chi connectivity index (χ1) is 6.02. The molecule has 5 heteroatoms.